The summed E-state index contributed by atoms with van der Waals surface area (Å²) in [5.74, 6) is 1.09. The number of nitrogens with one attached hydrogen (secondary N) is 1. The van der Waals surface area contributed by atoms with Crippen molar-refractivity contribution in [2.45, 2.75) is 51.6 Å². The van der Waals surface area contributed by atoms with E-state index in [2.05, 4.69) is 31.0 Å². The summed E-state index contributed by atoms with van der Waals surface area (Å²) in [6.45, 7) is 3.30. The van der Waals surface area contributed by atoms with Gasteiger partial charge in [0.1, 0.15) is 5.84 Å². The number of nitrogens with two attached hydrogens (primary N) is 1. The molecule has 3 N–H and O–H groups in total. The Kier molecular flexibility index (Phi) is 5.18. The van der Waals surface area contributed by atoms with Gasteiger partial charge >= 0.3 is 0 Å². The van der Waals surface area contributed by atoms with E-state index in [1.165, 1.54) is 37.7 Å². The first kappa shape index (κ1) is 15.0. The molecular weight excluding hydrogens is 246 g/mol. The fraction of sp³-hybridized carbons (Fsp3) is 0.588. The highest BCUT2D eigenvalue weighted by Gasteiger charge is 2.22. The molecule has 1 fully saturated rings. The second-order valence-electron chi connectivity index (χ2n) is 6.11. The van der Waals surface area contributed by atoms with Crippen LogP contribution in [0.25, 0.3) is 0 Å². The van der Waals surface area contributed by atoms with E-state index in [1.807, 2.05) is 12.1 Å². The number of nitrogens with zero attached hydrogens (tertiary/aromatic N) is 1. The smallest absolute Gasteiger partial charge is 0.122 e. The molecule has 2 rings (SSSR count). The molecule has 20 heavy (non-hydrogen) atoms. The first-order valence-corrected chi connectivity index (χ1v) is 7.73. The Morgan fingerprint density at radius 3 is 2.30 bits per heavy atom. The van der Waals surface area contributed by atoms with Crippen molar-refractivity contribution in [1.29, 1.82) is 5.41 Å². The standard InChI is InChI=1S/C17H27N3/c1-3-13-6-10-16(11-7-13)20(2)12-14-4-8-15(9-5-14)17(18)19/h4-5,8-9,13,16H,3,6-7,10-12H2,1-2H3,(H3,18,19). The zero-order chi connectivity index (χ0) is 14.5. The van der Waals surface area contributed by atoms with Gasteiger partial charge < -0.3 is 5.73 Å². The Balaban J connectivity index is 1.88. The summed E-state index contributed by atoms with van der Waals surface area (Å²) in [5.41, 5.74) is 7.59. The maximum atomic E-state index is 7.41. The largest absolute Gasteiger partial charge is 0.384 e. The molecule has 0 radical (unpaired) electrons. The summed E-state index contributed by atoms with van der Waals surface area (Å²) in [6, 6.07) is 8.79. The van der Waals surface area contributed by atoms with Crippen molar-refractivity contribution in [3.05, 3.63) is 35.4 Å². The van der Waals surface area contributed by atoms with Gasteiger partial charge in [-0.15, -0.1) is 0 Å². The maximum Gasteiger partial charge on any atom is 0.122 e. The quantitative estimate of drug-likeness (QED) is 0.638. The fourth-order valence-electron chi connectivity index (χ4n) is 3.20. The molecule has 0 spiro atoms. The first-order valence-electron chi connectivity index (χ1n) is 7.73. The minimum absolute atomic E-state index is 0.141. The third kappa shape index (κ3) is 3.83. The first-order chi connectivity index (χ1) is 9.60. The zero-order valence-electron chi connectivity index (χ0n) is 12.7. The van der Waals surface area contributed by atoms with E-state index >= 15 is 0 Å². The molecular formula is C17H27N3. The summed E-state index contributed by atoms with van der Waals surface area (Å²) in [7, 11) is 2.23. The van der Waals surface area contributed by atoms with Crippen molar-refractivity contribution in [2.75, 3.05) is 7.05 Å². The molecule has 0 saturated heterocycles. The van der Waals surface area contributed by atoms with Crippen LogP contribution in [0.1, 0.15) is 50.2 Å². The molecule has 1 aromatic rings. The molecule has 0 atom stereocenters. The van der Waals surface area contributed by atoms with Crippen LogP contribution in [0.2, 0.25) is 0 Å². The molecule has 1 aromatic carbocycles. The highest BCUT2D eigenvalue weighted by atomic mass is 15.1. The van der Waals surface area contributed by atoms with Crippen LogP contribution in [0.15, 0.2) is 24.3 Å². The molecule has 0 heterocycles. The van der Waals surface area contributed by atoms with Gasteiger partial charge in [-0.1, -0.05) is 37.6 Å². The van der Waals surface area contributed by atoms with Crippen LogP contribution >= 0.6 is 0 Å². The van der Waals surface area contributed by atoms with Crippen LogP contribution in [0.4, 0.5) is 0 Å². The number of rotatable bonds is 5. The summed E-state index contributed by atoms with van der Waals surface area (Å²) in [4.78, 5) is 2.48. The Labute approximate surface area is 122 Å². The lowest BCUT2D eigenvalue weighted by Gasteiger charge is -2.34. The Hall–Kier alpha value is -1.35. The van der Waals surface area contributed by atoms with Gasteiger partial charge in [0.15, 0.2) is 0 Å². The molecule has 110 valence electrons. The molecule has 3 nitrogen and oxygen atoms in total. The van der Waals surface area contributed by atoms with Crippen LogP contribution in [0.5, 0.6) is 0 Å². The van der Waals surface area contributed by atoms with Gasteiger partial charge in [0.05, 0.1) is 0 Å². The van der Waals surface area contributed by atoms with Crippen LogP contribution in [-0.4, -0.2) is 23.8 Å². The zero-order valence-corrected chi connectivity index (χ0v) is 12.7. The third-order valence-corrected chi connectivity index (χ3v) is 4.71. The van der Waals surface area contributed by atoms with E-state index in [0.717, 1.165) is 24.1 Å². The van der Waals surface area contributed by atoms with Crippen molar-refractivity contribution in [3.63, 3.8) is 0 Å². The second kappa shape index (κ2) is 6.89. The number of hydrogen-bond donors (Lipinski definition) is 2. The molecule has 0 unspecified atom stereocenters. The predicted molar refractivity (Wildman–Crippen MR) is 85.0 cm³/mol. The fourth-order valence-corrected chi connectivity index (χ4v) is 3.20. The molecule has 1 saturated carbocycles. The normalized spacial score (nSPS) is 22.9. The van der Waals surface area contributed by atoms with Crippen LogP contribution in [-0.2, 0) is 6.54 Å². The minimum Gasteiger partial charge on any atom is -0.384 e. The van der Waals surface area contributed by atoms with Crippen molar-refractivity contribution in [2.24, 2.45) is 11.7 Å². The molecule has 0 aromatic heterocycles. The van der Waals surface area contributed by atoms with Crippen LogP contribution < -0.4 is 5.73 Å². The lowest BCUT2D eigenvalue weighted by Crippen LogP contribution is -2.34. The number of nitrogen functional groups attached to an aromatic ring is 1. The van der Waals surface area contributed by atoms with Gasteiger partial charge in [-0.05, 0) is 44.2 Å². The lowest BCUT2D eigenvalue weighted by molar-refractivity contribution is 0.157. The second-order valence-corrected chi connectivity index (χ2v) is 6.11. The summed E-state index contributed by atoms with van der Waals surface area (Å²) in [5, 5.41) is 7.41. The minimum atomic E-state index is 0.141. The molecule has 1 aliphatic carbocycles. The van der Waals surface area contributed by atoms with E-state index in [-0.39, 0.29) is 5.84 Å². The number of benzene rings is 1. The van der Waals surface area contributed by atoms with Crippen molar-refractivity contribution in [3.8, 4) is 0 Å². The average molecular weight is 273 g/mol. The third-order valence-electron chi connectivity index (χ3n) is 4.71. The van der Waals surface area contributed by atoms with Crippen LogP contribution in [0.3, 0.4) is 0 Å². The predicted octanol–water partition coefficient (Wildman–Crippen LogP) is 3.37. The highest BCUT2D eigenvalue weighted by molar-refractivity contribution is 5.94. The topological polar surface area (TPSA) is 53.1 Å². The number of hydrogen-bond acceptors (Lipinski definition) is 2. The Bertz CT molecular complexity index is 430. The van der Waals surface area contributed by atoms with Crippen molar-refractivity contribution < 1.29 is 0 Å². The van der Waals surface area contributed by atoms with E-state index in [4.69, 9.17) is 11.1 Å². The summed E-state index contributed by atoms with van der Waals surface area (Å²) < 4.78 is 0. The van der Waals surface area contributed by atoms with Crippen molar-refractivity contribution in [1.82, 2.24) is 4.90 Å². The van der Waals surface area contributed by atoms with E-state index in [9.17, 15) is 0 Å². The molecule has 3 heteroatoms. The monoisotopic (exact) mass is 273 g/mol. The Morgan fingerprint density at radius 1 is 1.20 bits per heavy atom. The SMILES string of the molecule is CCC1CCC(N(C)Cc2ccc(C(=N)N)cc2)CC1. The summed E-state index contributed by atoms with van der Waals surface area (Å²) >= 11 is 0. The van der Waals surface area contributed by atoms with Gasteiger partial charge in [-0.25, -0.2) is 0 Å². The summed E-state index contributed by atoms with van der Waals surface area (Å²) in [6.07, 6.45) is 6.77. The molecule has 1 aliphatic rings. The highest BCUT2D eigenvalue weighted by Crippen LogP contribution is 2.29. The van der Waals surface area contributed by atoms with E-state index < -0.39 is 0 Å². The average Bonchev–Trinajstić information content (AvgIpc) is 2.48. The van der Waals surface area contributed by atoms with Gasteiger partial charge in [0, 0.05) is 18.2 Å². The van der Waals surface area contributed by atoms with Crippen LogP contribution in [0, 0.1) is 11.3 Å². The van der Waals surface area contributed by atoms with E-state index in [1.54, 1.807) is 0 Å². The van der Waals surface area contributed by atoms with Gasteiger partial charge in [-0.3, -0.25) is 10.3 Å². The van der Waals surface area contributed by atoms with Crippen molar-refractivity contribution >= 4 is 5.84 Å². The lowest BCUT2D eigenvalue weighted by atomic mass is 9.84. The van der Waals surface area contributed by atoms with Gasteiger partial charge in [-0.2, -0.15) is 0 Å². The van der Waals surface area contributed by atoms with Gasteiger partial charge in [0.2, 0.25) is 0 Å². The molecule has 0 amide bonds. The number of amidine groups is 1. The Morgan fingerprint density at radius 2 is 1.80 bits per heavy atom. The van der Waals surface area contributed by atoms with Gasteiger partial charge in [0.25, 0.3) is 0 Å². The molecule has 0 aliphatic heterocycles. The van der Waals surface area contributed by atoms with E-state index in [0.29, 0.717) is 0 Å². The molecule has 0 bridgehead atoms. The maximum absolute atomic E-state index is 7.41.